The number of amides is 3. The first-order valence-electron chi connectivity index (χ1n) is 6.72. The summed E-state index contributed by atoms with van der Waals surface area (Å²) >= 11 is 0. The Morgan fingerprint density at radius 3 is 2.65 bits per heavy atom. The number of rotatable bonds is 6. The van der Waals surface area contributed by atoms with Crippen LogP contribution in [0, 0.1) is 0 Å². The molecule has 108 valence electrons. The monoisotopic (exact) mass is 277 g/mol. The maximum Gasteiger partial charge on any atom is 0.324 e. The fraction of sp³-hybridized carbons (Fsp3) is 0.429. The third kappa shape index (κ3) is 3.20. The number of hydrogen-bond acceptors (Lipinski definition) is 4. The Bertz CT molecular complexity index is 487. The van der Waals surface area contributed by atoms with E-state index in [4.69, 9.17) is 10.5 Å². The molecule has 6 heteroatoms. The number of benzene rings is 1. The van der Waals surface area contributed by atoms with Crippen LogP contribution < -0.4 is 15.8 Å². The lowest BCUT2D eigenvalue weighted by Crippen LogP contribution is -2.35. The van der Waals surface area contributed by atoms with Gasteiger partial charge in [0.15, 0.2) is 0 Å². The molecule has 20 heavy (non-hydrogen) atoms. The summed E-state index contributed by atoms with van der Waals surface area (Å²) in [6, 6.07) is 6.25. The summed E-state index contributed by atoms with van der Waals surface area (Å²) in [6.45, 7) is 2.49. The molecule has 1 aliphatic heterocycles. The van der Waals surface area contributed by atoms with E-state index < -0.39 is 0 Å². The van der Waals surface area contributed by atoms with E-state index in [2.05, 4.69) is 5.32 Å². The van der Waals surface area contributed by atoms with Crippen LogP contribution in [0.25, 0.3) is 0 Å². The van der Waals surface area contributed by atoms with Crippen LogP contribution in [0.5, 0.6) is 5.75 Å². The number of nitrogens with zero attached hydrogens (tertiary/aromatic N) is 1. The van der Waals surface area contributed by atoms with Gasteiger partial charge >= 0.3 is 6.03 Å². The van der Waals surface area contributed by atoms with Crippen molar-refractivity contribution >= 4 is 17.6 Å². The van der Waals surface area contributed by atoms with Crippen LogP contribution in [0.3, 0.4) is 0 Å². The Hall–Kier alpha value is -2.24. The van der Waals surface area contributed by atoms with Gasteiger partial charge in [-0.15, -0.1) is 0 Å². The first-order chi connectivity index (χ1) is 9.61. The minimum absolute atomic E-state index is 0.169. The maximum absolute atomic E-state index is 12.0. The number of ether oxygens (including phenoxy) is 1. The second kappa shape index (κ2) is 6.27. The van der Waals surface area contributed by atoms with Crippen molar-refractivity contribution in [1.82, 2.24) is 10.2 Å². The second-order valence-electron chi connectivity index (χ2n) is 4.70. The zero-order valence-corrected chi connectivity index (χ0v) is 11.5. The van der Waals surface area contributed by atoms with Gasteiger partial charge in [0.2, 0.25) is 0 Å². The Morgan fingerprint density at radius 1 is 1.30 bits per heavy atom. The van der Waals surface area contributed by atoms with Crippen molar-refractivity contribution in [3.63, 3.8) is 0 Å². The second-order valence-corrected chi connectivity index (χ2v) is 4.70. The third-order valence-corrected chi connectivity index (χ3v) is 3.15. The van der Waals surface area contributed by atoms with Gasteiger partial charge in [-0.2, -0.15) is 0 Å². The van der Waals surface area contributed by atoms with Crippen molar-refractivity contribution in [3.05, 3.63) is 24.3 Å². The summed E-state index contributed by atoms with van der Waals surface area (Å²) in [5, 5.41) is 2.68. The average molecular weight is 277 g/mol. The number of carbonyl (C=O) groups excluding carboxylic acids is 2. The Balaban J connectivity index is 1.83. The molecule has 0 saturated carbocycles. The molecular formula is C14H19N3O3. The van der Waals surface area contributed by atoms with E-state index in [0.29, 0.717) is 17.9 Å². The van der Waals surface area contributed by atoms with Crippen molar-refractivity contribution in [1.29, 1.82) is 0 Å². The number of nitrogen functional groups attached to an aromatic ring is 1. The number of urea groups is 1. The SMILES string of the molecule is CCCC1NC(=O)N(CCOc2ccc(N)cc2)C1=O. The van der Waals surface area contributed by atoms with Gasteiger partial charge in [-0.05, 0) is 30.7 Å². The lowest BCUT2D eigenvalue weighted by atomic mass is 10.2. The number of nitrogens with one attached hydrogen (secondary N) is 1. The molecule has 0 aliphatic carbocycles. The summed E-state index contributed by atoms with van der Waals surface area (Å²) in [5.41, 5.74) is 6.23. The zero-order chi connectivity index (χ0) is 14.5. The highest BCUT2D eigenvalue weighted by atomic mass is 16.5. The molecule has 1 unspecified atom stereocenters. The summed E-state index contributed by atoms with van der Waals surface area (Å²) < 4.78 is 5.49. The van der Waals surface area contributed by atoms with E-state index in [1.807, 2.05) is 6.92 Å². The molecule has 0 radical (unpaired) electrons. The summed E-state index contributed by atoms with van der Waals surface area (Å²) in [4.78, 5) is 24.8. The average Bonchev–Trinajstić information content (AvgIpc) is 2.69. The highest BCUT2D eigenvalue weighted by molar-refractivity contribution is 6.04. The van der Waals surface area contributed by atoms with Crippen LogP contribution >= 0.6 is 0 Å². The molecule has 1 heterocycles. The number of anilines is 1. The van der Waals surface area contributed by atoms with Crippen molar-refractivity contribution in [2.45, 2.75) is 25.8 Å². The van der Waals surface area contributed by atoms with E-state index in [-0.39, 0.29) is 31.1 Å². The molecule has 0 spiro atoms. The van der Waals surface area contributed by atoms with Gasteiger partial charge in [0.1, 0.15) is 18.4 Å². The lowest BCUT2D eigenvalue weighted by molar-refractivity contribution is -0.127. The van der Waals surface area contributed by atoms with Gasteiger partial charge in [0, 0.05) is 5.69 Å². The molecule has 1 atom stereocenters. The highest BCUT2D eigenvalue weighted by Crippen LogP contribution is 2.14. The fourth-order valence-electron chi connectivity index (χ4n) is 2.09. The molecule has 2 rings (SSSR count). The van der Waals surface area contributed by atoms with E-state index >= 15 is 0 Å². The molecule has 0 bridgehead atoms. The van der Waals surface area contributed by atoms with Crippen LogP contribution in [0.15, 0.2) is 24.3 Å². The predicted octanol–water partition coefficient (Wildman–Crippen LogP) is 1.37. The first kappa shape index (κ1) is 14.2. The summed E-state index contributed by atoms with van der Waals surface area (Å²) in [5.74, 6) is 0.495. The van der Waals surface area contributed by atoms with Crippen molar-refractivity contribution in [2.24, 2.45) is 0 Å². The maximum atomic E-state index is 12.0. The Morgan fingerprint density at radius 2 is 2.00 bits per heavy atom. The number of carbonyl (C=O) groups is 2. The smallest absolute Gasteiger partial charge is 0.324 e. The molecular weight excluding hydrogens is 258 g/mol. The predicted molar refractivity (Wildman–Crippen MR) is 75.3 cm³/mol. The molecule has 1 aromatic carbocycles. The van der Waals surface area contributed by atoms with E-state index in [0.717, 1.165) is 6.42 Å². The van der Waals surface area contributed by atoms with Crippen LogP contribution in [0.2, 0.25) is 0 Å². The number of nitrogens with two attached hydrogens (primary N) is 1. The van der Waals surface area contributed by atoms with Crippen LogP contribution in [0.4, 0.5) is 10.5 Å². The van der Waals surface area contributed by atoms with E-state index in [1.54, 1.807) is 24.3 Å². The van der Waals surface area contributed by atoms with Crippen molar-refractivity contribution in [2.75, 3.05) is 18.9 Å². The molecule has 1 aliphatic rings. The van der Waals surface area contributed by atoms with Gasteiger partial charge in [0.25, 0.3) is 5.91 Å². The zero-order valence-electron chi connectivity index (χ0n) is 11.5. The lowest BCUT2D eigenvalue weighted by Gasteiger charge is -2.13. The topological polar surface area (TPSA) is 84.7 Å². The quantitative estimate of drug-likeness (QED) is 0.607. The van der Waals surface area contributed by atoms with Gasteiger partial charge in [-0.3, -0.25) is 9.69 Å². The molecule has 3 amide bonds. The normalized spacial score (nSPS) is 18.2. The summed E-state index contributed by atoms with van der Waals surface area (Å²) in [6.07, 6.45) is 1.52. The molecule has 3 N–H and O–H groups in total. The number of hydrogen-bond donors (Lipinski definition) is 2. The molecule has 6 nitrogen and oxygen atoms in total. The van der Waals surface area contributed by atoms with E-state index in [9.17, 15) is 9.59 Å². The largest absolute Gasteiger partial charge is 0.492 e. The molecule has 1 saturated heterocycles. The molecule has 1 fully saturated rings. The Labute approximate surface area is 117 Å². The van der Waals surface area contributed by atoms with Gasteiger partial charge in [-0.1, -0.05) is 13.3 Å². The molecule has 1 aromatic rings. The Kier molecular flexibility index (Phi) is 4.45. The van der Waals surface area contributed by atoms with Gasteiger partial charge < -0.3 is 15.8 Å². The van der Waals surface area contributed by atoms with Crippen molar-refractivity contribution in [3.8, 4) is 5.75 Å². The minimum Gasteiger partial charge on any atom is -0.492 e. The summed E-state index contributed by atoms with van der Waals surface area (Å²) in [7, 11) is 0. The van der Waals surface area contributed by atoms with Crippen LogP contribution in [-0.4, -0.2) is 36.0 Å². The fourth-order valence-corrected chi connectivity index (χ4v) is 2.09. The first-order valence-corrected chi connectivity index (χ1v) is 6.72. The van der Waals surface area contributed by atoms with E-state index in [1.165, 1.54) is 4.90 Å². The van der Waals surface area contributed by atoms with Crippen molar-refractivity contribution < 1.29 is 14.3 Å². The van der Waals surface area contributed by atoms with Crippen LogP contribution in [-0.2, 0) is 4.79 Å². The van der Waals surface area contributed by atoms with Crippen LogP contribution in [0.1, 0.15) is 19.8 Å². The van der Waals surface area contributed by atoms with Gasteiger partial charge in [0.05, 0.1) is 6.54 Å². The molecule has 0 aromatic heterocycles. The number of imide groups is 1. The standard InChI is InChI=1S/C14H19N3O3/c1-2-3-12-13(18)17(14(19)16-12)8-9-20-11-6-4-10(15)5-7-11/h4-7,12H,2-3,8-9,15H2,1H3,(H,16,19). The highest BCUT2D eigenvalue weighted by Gasteiger charge is 2.36. The van der Waals surface area contributed by atoms with Gasteiger partial charge in [-0.25, -0.2) is 4.79 Å². The third-order valence-electron chi connectivity index (χ3n) is 3.15. The minimum atomic E-state index is -0.385.